The predicted octanol–water partition coefficient (Wildman–Crippen LogP) is 7.37. The molecule has 2 saturated carbocycles. The van der Waals surface area contributed by atoms with Gasteiger partial charge in [0.25, 0.3) is 0 Å². The van der Waals surface area contributed by atoms with Crippen LogP contribution in [0.25, 0.3) is 6.08 Å². The molecule has 8 nitrogen and oxygen atoms in total. The van der Waals surface area contributed by atoms with Crippen molar-refractivity contribution in [1.29, 1.82) is 0 Å². The molecule has 0 aliphatic heterocycles. The Morgan fingerprint density at radius 3 is 2.32 bits per heavy atom. The SMILES string of the molecule is Nc1ccc(SOC(=O)/C=C/c2ccc(OC(=O)c3ccc(COC(=O)CC4CCC(CC5CCC5)C4)cc3)cc2)c(N)c1. The minimum atomic E-state index is -0.554. The van der Waals surface area contributed by atoms with Crippen LogP contribution in [0.3, 0.4) is 0 Å². The van der Waals surface area contributed by atoms with Crippen molar-refractivity contribution in [3.63, 3.8) is 0 Å². The van der Waals surface area contributed by atoms with Crippen molar-refractivity contribution in [3.8, 4) is 5.75 Å². The number of carbonyl (C=O) groups excluding carboxylic acids is 3. The van der Waals surface area contributed by atoms with Crippen molar-refractivity contribution in [2.45, 2.75) is 62.9 Å². The molecule has 4 N–H and O–H groups in total. The summed E-state index contributed by atoms with van der Waals surface area (Å²) in [4.78, 5) is 37.7. The zero-order valence-corrected chi connectivity index (χ0v) is 25.4. The molecule has 0 saturated heterocycles. The van der Waals surface area contributed by atoms with Gasteiger partial charge >= 0.3 is 17.9 Å². The van der Waals surface area contributed by atoms with E-state index in [1.54, 1.807) is 72.8 Å². The minimum Gasteiger partial charge on any atom is -0.461 e. The Labute approximate surface area is 262 Å². The molecule has 5 rings (SSSR count). The van der Waals surface area contributed by atoms with Crippen molar-refractivity contribution >= 4 is 47.4 Å². The molecule has 2 atom stereocenters. The van der Waals surface area contributed by atoms with Gasteiger partial charge in [-0.15, -0.1) is 0 Å². The third kappa shape index (κ3) is 9.13. The number of ether oxygens (including phenoxy) is 2. The molecule has 0 bridgehead atoms. The maximum absolute atomic E-state index is 12.6. The van der Waals surface area contributed by atoms with Crippen LogP contribution in [0, 0.1) is 17.8 Å². The van der Waals surface area contributed by atoms with Crippen LogP contribution in [0.5, 0.6) is 5.75 Å². The van der Waals surface area contributed by atoms with Crippen LogP contribution in [0.2, 0.25) is 0 Å². The van der Waals surface area contributed by atoms with E-state index in [4.69, 9.17) is 25.1 Å². The van der Waals surface area contributed by atoms with Gasteiger partial charge in [0.15, 0.2) is 0 Å². The van der Waals surface area contributed by atoms with Gasteiger partial charge in [0, 0.05) is 18.2 Å². The summed E-state index contributed by atoms with van der Waals surface area (Å²) in [6.07, 6.45) is 12.4. The number of hydrogen-bond donors (Lipinski definition) is 2. The lowest BCUT2D eigenvalue weighted by molar-refractivity contribution is -0.146. The van der Waals surface area contributed by atoms with Gasteiger partial charge in [0.1, 0.15) is 12.4 Å². The fourth-order valence-electron chi connectivity index (χ4n) is 5.71. The van der Waals surface area contributed by atoms with Crippen LogP contribution in [-0.2, 0) is 25.1 Å². The van der Waals surface area contributed by atoms with Gasteiger partial charge in [0.2, 0.25) is 0 Å². The molecule has 2 aliphatic carbocycles. The molecule has 2 aliphatic rings. The largest absolute Gasteiger partial charge is 0.461 e. The van der Waals surface area contributed by atoms with Crippen molar-refractivity contribution in [2.24, 2.45) is 17.8 Å². The van der Waals surface area contributed by atoms with Gasteiger partial charge in [-0.25, -0.2) is 9.59 Å². The van der Waals surface area contributed by atoms with Crippen LogP contribution < -0.4 is 16.2 Å². The van der Waals surface area contributed by atoms with E-state index in [1.165, 1.54) is 38.2 Å². The highest BCUT2D eigenvalue weighted by atomic mass is 32.2. The van der Waals surface area contributed by atoms with E-state index >= 15 is 0 Å². The van der Waals surface area contributed by atoms with Crippen molar-refractivity contribution < 1.29 is 28.0 Å². The summed E-state index contributed by atoms with van der Waals surface area (Å²) < 4.78 is 16.2. The van der Waals surface area contributed by atoms with Gasteiger partial charge in [-0.05, 0) is 96.7 Å². The molecule has 0 spiro atoms. The molecule has 230 valence electrons. The number of rotatable bonds is 12. The van der Waals surface area contributed by atoms with Crippen LogP contribution in [0.1, 0.15) is 72.9 Å². The molecular formula is C35H38N2O6S. The first-order chi connectivity index (χ1) is 21.3. The van der Waals surface area contributed by atoms with Crippen molar-refractivity contribution in [3.05, 3.63) is 89.5 Å². The number of anilines is 2. The molecule has 44 heavy (non-hydrogen) atoms. The monoisotopic (exact) mass is 614 g/mol. The quantitative estimate of drug-likeness (QED) is 0.0705. The van der Waals surface area contributed by atoms with Gasteiger partial charge in [0.05, 0.1) is 28.2 Å². The number of benzene rings is 3. The first kappa shape index (κ1) is 31.2. The highest BCUT2D eigenvalue weighted by molar-refractivity contribution is 7.95. The Bertz CT molecular complexity index is 1480. The van der Waals surface area contributed by atoms with Gasteiger partial charge < -0.3 is 25.1 Å². The van der Waals surface area contributed by atoms with E-state index in [9.17, 15) is 14.4 Å². The lowest BCUT2D eigenvalue weighted by Crippen LogP contribution is -2.15. The zero-order chi connectivity index (χ0) is 30.9. The summed E-state index contributed by atoms with van der Waals surface area (Å²) in [5, 5.41) is 0. The Kier molecular flexibility index (Phi) is 10.6. The number of hydrogen-bond acceptors (Lipinski definition) is 9. The molecule has 0 amide bonds. The standard InChI is InChI=1S/C35H38N2O6S/c36-29-13-16-32(31(37)21-29)44-43-33(38)17-10-23-8-14-30(15-9-23)42-35(40)28-11-6-25(7-12-28)22-41-34(39)20-27-5-4-26(19-27)18-24-2-1-3-24/h6-17,21,24,26-27H,1-5,18-20,22,36-37H2/b17-10+. The van der Waals surface area contributed by atoms with Crippen molar-refractivity contribution in [1.82, 2.24) is 0 Å². The van der Waals surface area contributed by atoms with E-state index in [0.717, 1.165) is 47.8 Å². The highest BCUT2D eigenvalue weighted by Gasteiger charge is 2.30. The third-order valence-corrected chi connectivity index (χ3v) is 9.13. The second-order valence-corrected chi connectivity index (χ2v) is 12.5. The number of carbonyl (C=O) groups is 3. The molecule has 0 radical (unpaired) electrons. The summed E-state index contributed by atoms with van der Waals surface area (Å²) in [7, 11) is 0. The van der Waals surface area contributed by atoms with Crippen molar-refractivity contribution in [2.75, 3.05) is 11.5 Å². The highest BCUT2D eigenvalue weighted by Crippen LogP contribution is 2.41. The molecule has 2 fully saturated rings. The molecule has 0 heterocycles. The first-order valence-electron chi connectivity index (χ1n) is 15.1. The second-order valence-electron chi connectivity index (χ2n) is 11.7. The topological polar surface area (TPSA) is 131 Å². The van der Waals surface area contributed by atoms with Gasteiger partial charge in [-0.2, -0.15) is 0 Å². The third-order valence-electron chi connectivity index (χ3n) is 8.34. The lowest BCUT2D eigenvalue weighted by Gasteiger charge is -2.28. The Morgan fingerprint density at radius 2 is 1.61 bits per heavy atom. The van der Waals surface area contributed by atoms with Gasteiger partial charge in [-0.3, -0.25) is 4.79 Å². The normalized spacial score (nSPS) is 18.1. The lowest BCUT2D eigenvalue weighted by atomic mass is 9.78. The summed E-state index contributed by atoms with van der Waals surface area (Å²) in [5.41, 5.74) is 14.4. The van der Waals surface area contributed by atoms with Crippen LogP contribution in [0.4, 0.5) is 11.4 Å². The minimum absolute atomic E-state index is 0.153. The van der Waals surface area contributed by atoms with E-state index in [0.29, 0.717) is 39.9 Å². The van der Waals surface area contributed by atoms with E-state index in [1.807, 2.05) is 0 Å². The smallest absolute Gasteiger partial charge is 0.343 e. The van der Waals surface area contributed by atoms with E-state index in [2.05, 4.69) is 0 Å². The number of esters is 2. The molecule has 2 unspecified atom stereocenters. The molecule has 9 heteroatoms. The molecule has 3 aromatic rings. The average Bonchev–Trinajstić information content (AvgIpc) is 3.44. The maximum atomic E-state index is 12.6. The molecular weight excluding hydrogens is 576 g/mol. The summed E-state index contributed by atoms with van der Waals surface area (Å²) in [6, 6.07) is 18.5. The molecule has 3 aromatic carbocycles. The van der Waals surface area contributed by atoms with E-state index in [-0.39, 0.29) is 12.6 Å². The number of nitrogens with two attached hydrogens (primary N) is 2. The average molecular weight is 615 g/mol. The van der Waals surface area contributed by atoms with E-state index < -0.39 is 11.9 Å². The maximum Gasteiger partial charge on any atom is 0.343 e. The fourth-order valence-corrected chi connectivity index (χ4v) is 6.21. The summed E-state index contributed by atoms with van der Waals surface area (Å²) in [5.74, 6) is 1.30. The Balaban J connectivity index is 1.01. The Hall–Kier alpha value is -4.24. The first-order valence-corrected chi connectivity index (χ1v) is 15.8. The van der Waals surface area contributed by atoms with Crippen LogP contribution >= 0.6 is 12.0 Å². The second kappa shape index (κ2) is 15.0. The molecule has 0 aromatic heterocycles. The van der Waals surface area contributed by atoms with Gasteiger partial charge in [-0.1, -0.05) is 49.9 Å². The summed E-state index contributed by atoms with van der Waals surface area (Å²) in [6.45, 7) is 0.184. The van der Waals surface area contributed by atoms with Crippen LogP contribution in [0.15, 0.2) is 77.7 Å². The number of nitrogen functional groups attached to an aromatic ring is 2. The fraction of sp³-hybridized carbons (Fsp3) is 0.343. The van der Waals surface area contributed by atoms with Crippen LogP contribution in [-0.4, -0.2) is 17.9 Å². The Morgan fingerprint density at radius 1 is 0.864 bits per heavy atom. The predicted molar refractivity (Wildman–Crippen MR) is 171 cm³/mol. The zero-order valence-electron chi connectivity index (χ0n) is 24.6. The summed E-state index contributed by atoms with van der Waals surface area (Å²) >= 11 is 0.859.